The first-order valence-corrected chi connectivity index (χ1v) is 2.07. The molecule has 0 bridgehead atoms. The average Bonchev–Trinajstić information content (AvgIpc) is 1.68. The zero-order valence-electron chi connectivity index (χ0n) is 4.49. The molecule has 0 unspecified atom stereocenters. The highest BCUT2D eigenvalue weighted by atomic mass is 16.2. The quantitative estimate of drug-likeness (QED) is 0.430. The SMILES string of the molecule is C[B]NC(=O)NC. The van der Waals surface area contributed by atoms with Crippen LogP contribution in [0, 0.1) is 0 Å². The second-order valence-corrected chi connectivity index (χ2v) is 1.01. The summed E-state index contributed by atoms with van der Waals surface area (Å²) in [4.78, 5) is 10.2. The maximum Gasteiger partial charge on any atom is 0.302 e. The monoisotopic (exact) mass is 99.1 g/mol. The van der Waals surface area contributed by atoms with Crippen LogP contribution in [0.1, 0.15) is 0 Å². The number of urea groups is 1. The van der Waals surface area contributed by atoms with Crippen LogP contribution < -0.4 is 10.5 Å². The van der Waals surface area contributed by atoms with Crippen molar-refractivity contribution in [3.05, 3.63) is 0 Å². The molecule has 7 heavy (non-hydrogen) atoms. The highest BCUT2D eigenvalue weighted by Crippen LogP contribution is 1.53. The standard InChI is InChI=1S/C3H8BN2O/c1-4-6-3(7)5-2/h1-2H3,(H2,5,6,7). The third-order valence-electron chi connectivity index (χ3n) is 0.502. The molecule has 3 nitrogen and oxygen atoms in total. The fourth-order valence-corrected chi connectivity index (χ4v) is 0.203. The van der Waals surface area contributed by atoms with Crippen LogP contribution in [0.15, 0.2) is 0 Å². The molecular weight excluding hydrogens is 90.9 g/mol. The van der Waals surface area contributed by atoms with Gasteiger partial charge in [0.2, 0.25) is 7.41 Å². The van der Waals surface area contributed by atoms with Gasteiger partial charge in [-0.05, 0) is 0 Å². The Balaban J connectivity index is 3.00. The molecule has 2 N–H and O–H groups in total. The van der Waals surface area contributed by atoms with E-state index >= 15 is 0 Å². The predicted molar refractivity (Wildman–Crippen MR) is 29.2 cm³/mol. The molecule has 0 fully saturated rings. The molecule has 0 spiro atoms. The Hall–Kier alpha value is -0.665. The van der Waals surface area contributed by atoms with Crippen molar-refractivity contribution in [1.29, 1.82) is 0 Å². The summed E-state index contributed by atoms with van der Waals surface area (Å²) < 4.78 is 0. The van der Waals surface area contributed by atoms with Crippen molar-refractivity contribution in [2.45, 2.75) is 6.82 Å². The van der Waals surface area contributed by atoms with Crippen LogP contribution in [0.5, 0.6) is 0 Å². The summed E-state index contributed by atoms with van der Waals surface area (Å²) in [6.07, 6.45) is 0. The van der Waals surface area contributed by atoms with Crippen LogP contribution in [0.4, 0.5) is 4.79 Å². The zero-order chi connectivity index (χ0) is 5.70. The van der Waals surface area contributed by atoms with Gasteiger partial charge in [0.05, 0.1) is 0 Å². The van der Waals surface area contributed by atoms with Crippen molar-refractivity contribution in [2.75, 3.05) is 7.05 Å². The van der Waals surface area contributed by atoms with Crippen molar-refractivity contribution in [3.63, 3.8) is 0 Å². The minimum atomic E-state index is -0.178. The number of carbonyl (C=O) groups excluding carboxylic acids is 1. The van der Waals surface area contributed by atoms with Crippen LogP contribution in [0.2, 0.25) is 6.82 Å². The van der Waals surface area contributed by atoms with Gasteiger partial charge < -0.3 is 10.5 Å². The summed E-state index contributed by atoms with van der Waals surface area (Å²) in [5, 5.41) is 4.80. The molecule has 0 aliphatic rings. The summed E-state index contributed by atoms with van der Waals surface area (Å²) in [6, 6.07) is -0.178. The van der Waals surface area contributed by atoms with E-state index in [1.165, 1.54) is 0 Å². The molecule has 0 aliphatic carbocycles. The van der Waals surface area contributed by atoms with E-state index in [9.17, 15) is 4.79 Å². The van der Waals surface area contributed by atoms with Crippen molar-refractivity contribution in [3.8, 4) is 0 Å². The van der Waals surface area contributed by atoms with Crippen LogP contribution in [-0.4, -0.2) is 20.5 Å². The number of amides is 2. The van der Waals surface area contributed by atoms with Gasteiger partial charge in [0.1, 0.15) is 0 Å². The fourth-order valence-electron chi connectivity index (χ4n) is 0.203. The van der Waals surface area contributed by atoms with Crippen molar-refractivity contribution >= 4 is 13.4 Å². The molecule has 4 heteroatoms. The van der Waals surface area contributed by atoms with Crippen LogP contribution in [0.25, 0.3) is 0 Å². The van der Waals surface area contributed by atoms with Gasteiger partial charge >= 0.3 is 6.03 Å². The minimum absolute atomic E-state index is 0.178. The first-order valence-electron chi connectivity index (χ1n) is 2.07. The Labute approximate surface area is 43.7 Å². The molecule has 0 heterocycles. The molecule has 39 valence electrons. The number of nitrogens with one attached hydrogen (secondary N) is 2. The second-order valence-electron chi connectivity index (χ2n) is 1.01. The Morgan fingerprint density at radius 2 is 2.29 bits per heavy atom. The topological polar surface area (TPSA) is 41.1 Å². The Morgan fingerprint density at radius 3 is 2.43 bits per heavy atom. The molecule has 0 atom stereocenters. The number of carbonyl (C=O) groups is 1. The number of hydrogen-bond acceptors (Lipinski definition) is 1. The summed E-state index contributed by atoms with van der Waals surface area (Å²) >= 11 is 0. The van der Waals surface area contributed by atoms with E-state index in [0.29, 0.717) is 0 Å². The molecule has 0 saturated carbocycles. The Bertz CT molecular complexity index is 66.0. The summed E-state index contributed by atoms with van der Waals surface area (Å²) in [6.45, 7) is 1.75. The molecule has 0 aromatic heterocycles. The first-order chi connectivity index (χ1) is 3.31. The van der Waals surface area contributed by atoms with Gasteiger partial charge in [-0.2, -0.15) is 0 Å². The van der Waals surface area contributed by atoms with Gasteiger partial charge in [-0.25, -0.2) is 0 Å². The zero-order valence-corrected chi connectivity index (χ0v) is 4.49. The van der Waals surface area contributed by atoms with E-state index in [4.69, 9.17) is 0 Å². The van der Waals surface area contributed by atoms with E-state index in [0.717, 1.165) is 0 Å². The van der Waals surface area contributed by atoms with Crippen molar-refractivity contribution < 1.29 is 4.79 Å². The molecule has 0 rings (SSSR count). The molecular formula is C3H8BN2O. The number of rotatable bonds is 1. The Kier molecular flexibility index (Phi) is 3.19. The third kappa shape index (κ3) is 3.16. The lowest BCUT2D eigenvalue weighted by Crippen LogP contribution is -2.33. The Morgan fingerprint density at radius 1 is 1.71 bits per heavy atom. The maximum absolute atomic E-state index is 10.2. The van der Waals surface area contributed by atoms with Gasteiger partial charge in [-0.15, -0.1) is 0 Å². The minimum Gasteiger partial charge on any atom is -0.386 e. The van der Waals surface area contributed by atoms with Crippen molar-refractivity contribution in [2.24, 2.45) is 0 Å². The van der Waals surface area contributed by atoms with E-state index in [-0.39, 0.29) is 6.03 Å². The highest BCUT2D eigenvalue weighted by Gasteiger charge is 1.87. The van der Waals surface area contributed by atoms with Gasteiger partial charge in [0.15, 0.2) is 0 Å². The average molecular weight is 98.9 g/mol. The third-order valence-corrected chi connectivity index (χ3v) is 0.502. The maximum atomic E-state index is 10.2. The first kappa shape index (κ1) is 6.33. The molecule has 0 aliphatic heterocycles. The normalized spacial score (nSPS) is 7.14. The summed E-state index contributed by atoms with van der Waals surface area (Å²) in [5.74, 6) is 0. The van der Waals surface area contributed by atoms with Gasteiger partial charge in [-0.1, -0.05) is 6.82 Å². The molecule has 0 aromatic rings. The van der Waals surface area contributed by atoms with Crippen LogP contribution in [-0.2, 0) is 0 Å². The lowest BCUT2D eigenvalue weighted by molar-refractivity contribution is 0.248. The summed E-state index contributed by atoms with van der Waals surface area (Å²) in [7, 11) is 3.14. The van der Waals surface area contributed by atoms with Crippen LogP contribution >= 0.6 is 0 Å². The molecule has 0 aromatic carbocycles. The van der Waals surface area contributed by atoms with Crippen molar-refractivity contribution in [1.82, 2.24) is 10.5 Å². The molecule has 2 amide bonds. The van der Waals surface area contributed by atoms with Gasteiger partial charge in [0.25, 0.3) is 0 Å². The molecule has 0 saturated heterocycles. The largest absolute Gasteiger partial charge is 0.386 e. The lowest BCUT2D eigenvalue weighted by Gasteiger charge is -1.95. The smallest absolute Gasteiger partial charge is 0.302 e. The molecule has 1 radical (unpaired) electrons. The highest BCUT2D eigenvalue weighted by molar-refractivity contribution is 6.34. The van der Waals surface area contributed by atoms with Gasteiger partial charge in [0, 0.05) is 7.05 Å². The van der Waals surface area contributed by atoms with E-state index in [1.807, 2.05) is 0 Å². The predicted octanol–water partition coefficient (Wildman–Crippen LogP) is -0.417. The number of hydrogen-bond donors (Lipinski definition) is 2. The van der Waals surface area contributed by atoms with E-state index < -0.39 is 0 Å². The second kappa shape index (κ2) is 3.52. The van der Waals surface area contributed by atoms with Gasteiger partial charge in [-0.3, -0.25) is 4.79 Å². The van der Waals surface area contributed by atoms with E-state index in [1.54, 1.807) is 21.3 Å². The lowest BCUT2D eigenvalue weighted by atomic mass is 10.0. The fraction of sp³-hybridized carbons (Fsp3) is 0.667. The summed E-state index contributed by atoms with van der Waals surface area (Å²) in [5.41, 5.74) is 0. The van der Waals surface area contributed by atoms with Crippen LogP contribution in [0.3, 0.4) is 0 Å². The van der Waals surface area contributed by atoms with E-state index in [2.05, 4.69) is 10.5 Å².